The zero-order chi connectivity index (χ0) is 16.2. The fourth-order valence-corrected chi connectivity index (χ4v) is 3.55. The average molecular weight is 321 g/mol. The van der Waals surface area contributed by atoms with E-state index in [-0.39, 0.29) is 23.6 Å². The van der Waals surface area contributed by atoms with E-state index in [4.69, 9.17) is 10.5 Å². The second-order valence-electron chi connectivity index (χ2n) is 6.32. The van der Waals surface area contributed by atoms with Crippen LogP contribution in [-0.2, 0) is 9.53 Å². The molecule has 0 radical (unpaired) electrons. The number of benzene rings is 1. The second kappa shape index (κ2) is 7.27. The van der Waals surface area contributed by atoms with Crippen LogP contribution in [0, 0.1) is 17.7 Å². The smallest absolute Gasteiger partial charge is 0.227 e. The van der Waals surface area contributed by atoms with Crippen LogP contribution in [0.1, 0.15) is 19.3 Å². The number of carbonyl (C=O) groups excluding carboxylic acids is 1. The van der Waals surface area contributed by atoms with Crippen LogP contribution < -0.4 is 16.0 Å². The molecule has 1 heterocycles. The number of amides is 1. The van der Waals surface area contributed by atoms with Crippen molar-refractivity contribution in [3.05, 3.63) is 24.0 Å². The van der Waals surface area contributed by atoms with E-state index in [1.54, 1.807) is 0 Å². The van der Waals surface area contributed by atoms with E-state index in [9.17, 15) is 9.18 Å². The molecular formula is C17H24FN3O2. The molecule has 0 bridgehead atoms. The number of hydrogen-bond acceptors (Lipinski definition) is 4. The predicted octanol–water partition coefficient (Wildman–Crippen LogP) is 1.98. The van der Waals surface area contributed by atoms with Gasteiger partial charge in [0.2, 0.25) is 5.91 Å². The summed E-state index contributed by atoms with van der Waals surface area (Å²) in [5.74, 6) is -0.208. The predicted molar refractivity (Wildman–Crippen MR) is 87.9 cm³/mol. The maximum Gasteiger partial charge on any atom is 0.227 e. The molecule has 2 atom stereocenters. The Balaban J connectivity index is 1.72. The molecule has 1 saturated carbocycles. The first kappa shape index (κ1) is 16.2. The lowest BCUT2D eigenvalue weighted by Crippen LogP contribution is -2.36. The third-order valence-electron chi connectivity index (χ3n) is 4.82. The van der Waals surface area contributed by atoms with Crippen LogP contribution in [-0.4, -0.2) is 38.8 Å². The van der Waals surface area contributed by atoms with Crippen LogP contribution in [0.4, 0.5) is 15.8 Å². The maximum atomic E-state index is 13.9. The van der Waals surface area contributed by atoms with Crippen molar-refractivity contribution in [2.24, 2.45) is 17.6 Å². The monoisotopic (exact) mass is 321 g/mol. The van der Waals surface area contributed by atoms with Gasteiger partial charge in [-0.25, -0.2) is 4.39 Å². The highest BCUT2D eigenvalue weighted by Gasteiger charge is 2.32. The highest BCUT2D eigenvalue weighted by molar-refractivity contribution is 5.93. The Kier molecular flexibility index (Phi) is 5.13. The SMILES string of the molecule is NC[C@H]1CCC[C@H]1C(=O)Nc1cc(F)cc(N2CCOCC2)c1. The molecule has 0 spiro atoms. The van der Waals surface area contributed by atoms with Crippen molar-refractivity contribution < 1.29 is 13.9 Å². The number of anilines is 2. The minimum absolute atomic E-state index is 0.0449. The van der Waals surface area contributed by atoms with Crippen molar-refractivity contribution in [1.29, 1.82) is 0 Å². The zero-order valence-electron chi connectivity index (χ0n) is 13.3. The molecule has 2 aliphatic rings. The molecule has 3 rings (SSSR count). The Hall–Kier alpha value is -1.66. The number of carbonyl (C=O) groups is 1. The Labute approximate surface area is 136 Å². The summed E-state index contributed by atoms with van der Waals surface area (Å²) in [5, 5.41) is 2.88. The summed E-state index contributed by atoms with van der Waals surface area (Å²) in [6, 6.07) is 4.70. The summed E-state index contributed by atoms with van der Waals surface area (Å²) < 4.78 is 19.2. The Morgan fingerprint density at radius 3 is 2.83 bits per heavy atom. The van der Waals surface area contributed by atoms with Gasteiger partial charge in [-0.1, -0.05) is 6.42 Å². The van der Waals surface area contributed by atoms with E-state index >= 15 is 0 Å². The first-order valence-corrected chi connectivity index (χ1v) is 8.31. The summed E-state index contributed by atoms with van der Waals surface area (Å²) in [6.07, 6.45) is 2.89. The van der Waals surface area contributed by atoms with Gasteiger partial charge in [0.1, 0.15) is 5.82 Å². The average Bonchev–Trinajstić information content (AvgIpc) is 3.04. The number of ether oxygens (including phenoxy) is 1. The zero-order valence-corrected chi connectivity index (χ0v) is 13.3. The lowest BCUT2D eigenvalue weighted by molar-refractivity contribution is -0.120. The van der Waals surface area contributed by atoms with E-state index in [1.165, 1.54) is 12.1 Å². The van der Waals surface area contributed by atoms with Crippen molar-refractivity contribution in [2.45, 2.75) is 19.3 Å². The van der Waals surface area contributed by atoms with E-state index in [0.29, 0.717) is 25.4 Å². The van der Waals surface area contributed by atoms with Crippen LogP contribution in [0.15, 0.2) is 18.2 Å². The molecule has 1 aliphatic carbocycles. The molecule has 1 saturated heterocycles. The standard InChI is InChI=1S/C17H24FN3O2/c18-13-8-14(10-15(9-13)21-4-6-23-7-5-21)20-17(22)16-3-1-2-12(16)11-19/h8-10,12,16H,1-7,11,19H2,(H,20,22)/t12-,16-/m1/s1. The number of morpholine rings is 1. The summed E-state index contributed by atoms with van der Waals surface area (Å²) in [6.45, 7) is 3.26. The molecule has 5 nitrogen and oxygen atoms in total. The minimum atomic E-state index is -0.342. The Bertz CT molecular complexity index is 561. The minimum Gasteiger partial charge on any atom is -0.378 e. The number of nitrogens with zero attached hydrogens (tertiary/aromatic N) is 1. The van der Waals surface area contributed by atoms with Gasteiger partial charge in [-0.05, 0) is 43.5 Å². The van der Waals surface area contributed by atoms with Gasteiger partial charge >= 0.3 is 0 Å². The molecule has 1 aliphatic heterocycles. The van der Waals surface area contributed by atoms with Crippen LogP contribution in [0.3, 0.4) is 0 Å². The number of nitrogens with one attached hydrogen (secondary N) is 1. The molecule has 6 heteroatoms. The highest BCUT2D eigenvalue weighted by atomic mass is 19.1. The molecule has 0 aromatic heterocycles. The van der Waals surface area contributed by atoms with Gasteiger partial charge in [0, 0.05) is 30.4 Å². The molecule has 3 N–H and O–H groups in total. The van der Waals surface area contributed by atoms with E-state index < -0.39 is 0 Å². The topological polar surface area (TPSA) is 67.6 Å². The molecule has 23 heavy (non-hydrogen) atoms. The molecule has 1 amide bonds. The van der Waals surface area contributed by atoms with Gasteiger partial charge < -0.3 is 20.7 Å². The second-order valence-corrected chi connectivity index (χ2v) is 6.32. The van der Waals surface area contributed by atoms with Crippen LogP contribution in [0.5, 0.6) is 0 Å². The van der Waals surface area contributed by atoms with Crippen LogP contribution in [0.25, 0.3) is 0 Å². The molecule has 0 unspecified atom stereocenters. The molecule has 1 aromatic carbocycles. The number of halogens is 1. The first-order chi connectivity index (χ1) is 11.2. The molecule has 1 aromatic rings. The van der Waals surface area contributed by atoms with Gasteiger partial charge in [0.15, 0.2) is 0 Å². The van der Waals surface area contributed by atoms with E-state index in [1.807, 2.05) is 6.07 Å². The van der Waals surface area contributed by atoms with Gasteiger partial charge in [-0.15, -0.1) is 0 Å². The number of nitrogens with two attached hydrogens (primary N) is 1. The third-order valence-corrected chi connectivity index (χ3v) is 4.82. The third kappa shape index (κ3) is 3.82. The quantitative estimate of drug-likeness (QED) is 0.890. The lowest BCUT2D eigenvalue weighted by atomic mass is 9.95. The van der Waals surface area contributed by atoms with Crippen molar-refractivity contribution in [3.63, 3.8) is 0 Å². The molecular weight excluding hydrogens is 297 g/mol. The van der Waals surface area contributed by atoms with Crippen molar-refractivity contribution in [1.82, 2.24) is 0 Å². The van der Waals surface area contributed by atoms with Crippen molar-refractivity contribution in [2.75, 3.05) is 43.1 Å². The van der Waals surface area contributed by atoms with Crippen LogP contribution in [0.2, 0.25) is 0 Å². The first-order valence-electron chi connectivity index (χ1n) is 8.31. The molecule has 126 valence electrons. The fraction of sp³-hybridized carbons (Fsp3) is 0.588. The number of hydrogen-bond donors (Lipinski definition) is 2. The summed E-state index contributed by atoms with van der Waals surface area (Å²) >= 11 is 0. The largest absolute Gasteiger partial charge is 0.378 e. The van der Waals surface area contributed by atoms with E-state index in [0.717, 1.165) is 38.0 Å². The summed E-state index contributed by atoms with van der Waals surface area (Å²) in [4.78, 5) is 14.5. The molecule has 2 fully saturated rings. The highest BCUT2D eigenvalue weighted by Crippen LogP contribution is 2.32. The fourth-order valence-electron chi connectivity index (χ4n) is 3.55. The van der Waals surface area contributed by atoms with Gasteiger partial charge in [-0.2, -0.15) is 0 Å². The van der Waals surface area contributed by atoms with E-state index in [2.05, 4.69) is 10.2 Å². The normalized spacial score (nSPS) is 24.7. The van der Waals surface area contributed by atoms with Gasteiger partial charge in [0.25, 0.3) is 0 Å². The Morgan fingerprint density at radius 2 is 2.09 bits per heavy atom. The van der Waals surface area contributed by atoms with Gasteiger partial charge in [-0.3, -0.25) is 4.79 Å². The maximum absolute atomic E-state index is 13.9. The van der Waals surface area contributed by atoms with Gasteiger partial charge in [0.05, 0.1) is 13.2 Å². The van der Waals surface area contributed by atoms with Crippen molar-refractivity contribution in [3.8, 4) is 0 Å². The number of rotatable bonds is 4. The Morgan fingerprint density at radius 1 is 1.30 bits per heavy atom. The van der Waals surface area contributed by atoms with Crippen LogP contribution >= 0.6 is 0 Å². The lowest BCUT2D eigenvalue weighted by Gasteiger charge is -2.29. The summed E-state index contributed by atoms with van der Waals surface area (Å²) in [5.41, 5.74) is 7.04. The van der Waals surface area contributed by atoms with Crippen molar-refractivity contribution >= 4 is 17.3 Å². The summed E-state index contributed by atoms with van der Waals surface area (Å²) in [7, 11) is 0.